The number of hydrogen-bond donors (Lipinski definition) is 0. The van der Waals surface area contributed by atoms with E-state index in [9.17, 15) is 14.4 Å². The number of hydrogen-bond acceptors (Lipinski definition) is 6. The Morgan fingerprint density at radius 2 is 0.500 bits per heavy atom. The summed E-state index contributed by atoms with van der Waals surface area (Å²) in [4.78, 5) is 38.3. The number of unbranched alkanes of at least 4 members (excludes halogenated alkanes) is 16. The average Bonchev–Trinajstić information content (AvgIpc) is 3.47. The van der Waals surface area contributed by atoms with Crippen molar-refractivity contribution in [1.82, 2.24) is 0 Å². The van der Waals surface area contributed by atoms with Crippen molar-refractivity contribution in [3.8, 4) is 0 Å². The van der Waals surface area contributed by atoms with E-state index in [1.54, 1.807) is 0 Å². The van der Waals surface area contributed by atoms with Crippen LogP contribution in [0.1, 0.15) is 258 Å². The second-order valence-corrected chi connectivity index (χ2v) is 20.9. The summed E-state index contributed by atoms with van der Waals surface area (Å²) in [5.41, 5.74) is 0. The quantitative estimate of drug-likeness (QED) is 0.0261. The van der Waals surface area contributed by atoms with Gasteiger partial charge in [-0.1, -0.05) is 274 Å². The monoisotopic (exact) mass is 1130 g/mol. The van der Waals surface area contributed by atoms with E-state index in [0.29, 0.717) is 19.3 Å². The second-order valence-electron chi connectivity index (χ2n) is 20.9. The van der Waals surface area contributed by atoms with E-state index >= 15 is 0 Å². The highest BCUT2D eigenvalue weighted by Gasteiger charge is 2.19. The van der Waals surface area contributed by atoms with Crippen molar-refractivity contribution in [3.05, 3.63) is 182 Å². The molecule has 0 saturated carbocycles. The van der Waals surface area contributed by atoms with Crippen LogP contribution in [0.4, 0.5) is 0 Å². The first kappa shape index (κ1) is 76.5. The number of carbonyl (C=O) groups is 3. The van der Waals surface area contributed by atoms with Crippen LogP contribution in [0.2, 0.25) is 0 Å². The zero-order valence-electron chi connectivity index (χ0n) is 52.4. The SMILES string of the molecule is CC/C=C\C/C=C\C/C=C\C/C=C\C/C=C\C/C=C\C/C=C\CCCCCCCCCC(=O)OCC(COC(=O)CCCCCCC/C=C\C/C=C\CCCCCC)OC(=O)CC/C=C\C/C=C\C/C=C\C/C=C\C/C=C\C/C=C\CC. The zero-order valence-corrected chi connectivity index (χ0v) is 52.4. The fourth-order valence-electron chi connectivity index (χ4n) is 8.30. The molecule has 0 amide bonds. The van der Waals surface area contributed by atoms with Crippen molar-refractivity contribution < 1.29 is 28.6 Å². The number of carbonyl (C=O) groups excluding carboxylic acids is 3. The van der Waals surface area contributed by atoms with E-state index in [0.717, 1.165) is 161 Å². The van der Waals surface area contributed by atoms with Crippen LogP contribution in [0.15, 0.2) is 182 Å². The van der Waals surface area contributed by atoms with E-state index in [1.165, 1.54) is 51.4 Å². The lowest BCUT2D eigenvalue weighted by Gasteiger charge is -2.18. The van der Waals surface area contributed by atoms with Gasteiger partial charge in [-0.2, -0.15) is 0 Å². The Kier molecular flexibility index (Phi) is 63.5. The molecule has 458 valence electrons. The molecule has 0 fully saturated rings. The van der Waals surface area contributed by atoms with Gasteiger partial charge in [0.1, 0.15) is 13.2 Å². The highest BCUT2D eigenvalue weighted by Crippen LogP contribution is 2.13. The van der Waals surface area contributed by atoms with Crippen LogP contribution in [0.25, 0.3) is 0 Å². The molecular formula is C76H118O6. The molecule has 6 heteroatoms. The first-order valence-electron chi connectivity index (χ1n) is 32.8. The van der Waals surface area contributed by atoms with E-state index in [2.05, 4.69) is 191 Å². The number of rotatable bonds is 57. The van der Waals surface area contributed by atoms with E-state index in [4.69, 9.17) is 14.2 Å². The largest absolute Gasteiger partial charge is 0.462 e. The lowest BCUT2D eigenvalue weighted by atomic mass is 10.1. The molecule has 0 bridgehead atoms. The summed E-state index contributed by atoms with van der Waals surface area (Å²) in [7, 11) is 0. The average molecular weight is 1130 g/mol. The maximum Gasteiger partial charge on any atom is 0.306 e. The summed E-state index contributed by atoms with van der Waals surface area (Å²) in [5.74, 6) is -1.04. The summed E-state index contributed by atoms with van der Waals surface area (Å²) in [6, 6.07) is 0. The van der Waals surface area contributed by atoms with Gasteiger partial charge in [-0.3, -0.25) is 14.4 Å². The Morgan fingerprint density at radius 1 is 0.256 bits per heavy atom. The molecule has 0 aromatic carbocycles. The van der Waals surface area contributed by atoms with Gasteiger partial charge in [-0.05, 0) is 148 Å². The van der Waals surface area contributed by atoms with E-state index in [1.807, 2.05) is 12.2 Å². The number of esters is 3. The molecule has 1 atom stereocenters. The van der Waals surface area contributed by atoms with Crippen molar-refractivity contribution in [2.45, 2.75) is 264 Å². The molecule has 6 nitrogen and oxygen atoms in total. The maximum atomic E-state index is 12.9. The molecule has 0 rings (SSSR count). The first-order valence-corrected chi connectivity index (χ1v) is 32.8. The lowest BCUT2D eigenvalue weighted by Crippen LogP contribution is -2.30. The van der Waals surface area contributed by atoms with Gasteiger partial charge in [-0.25, -0.2) is 0 Å². The molecule has 82 heavy (non-hydrogen) atoms. The Morgan fingerprint density at radius 3 is 0.793 bits per heavy atom. The van der Waals surface area contributed by atoms with Crippen molar-refractivity contribution in [2.75, 3.05) is 13.2 Å². The molecule has 0 radical (unpaired) electrons. The van der Waals surface area contributed by atoms with Crippen LogP contribution in [0.5, 0.6) is 0 Å². The lowest BCUT2D eigenvalue weighted by molar-refractivity contribution is -0.166. The molecule has 0 heterocycles. The van der Waals surface area contributed by atoms with Crippen molar-refractivity contribution in [3.63, 3.8) is 0 Å². The molecule has 0 aromatic heterocycles. The van der Waals surface area contributed by atoms with Gasteiger partial charge in [0.2, 0.25) is 0 Å². The predicted molar refractivity (Wildman–Crippen MR) is 357 cm³/mol. The second kappa shape index (κ2) is 68.0. The summed E-state index contributed by atoms with van der Waals surface area (Å²) >= 11 is 0. The van der Waals surface area contributed by atoms with E-state index in [-0.39, 0.29) is 31.6 Å². The van der Waals surface area contributed by atoms with Gasteiger partial charge < -0.3 is 14.2 Å². The minimum Gasteiger partial charge on any atom is -0.462 e. The van der Waals surface area contributed by atoms with Gasteiger partial charge in [0.15, 0.2) is 6.10 Å². The maximum absolute atomic E-state index is 12.9. The van der Waals surface area contributed by atoms with Gasteiger partial charge in [-0.15, -0.1) is 0 Å². The van der Waals surface area contributed by atoms with Gasteiger partial charge in [0.05, 0.1) is 0 Å². The van der Waals surface area contributed by atoms with Crippen molar-refractivity contribution in [2.24, 2.45) is 0 Å². The van der Waals surface area contributed by atoms with Crippen LogP contribution >= 0.6 is 0 Å². The molecule has 0 aromatic rings. The molecule has 0 aliphatic carbocycles. The topological polar surface area (TPSA) is 78.9 Å². The van der Waals surface area contributed by atoms with Crippen LogP contribution < -0.4 is 0 Å². The normalized spacial score (nSPS) is 13.4. The molecule has 0 aliphatic rings. The smallest absolute Gasteiger partial charge is 0.306 e. The zero-order chi connectivity index (χ0) is 59.2. The Balaban J connectivity index is 4.51. The predicted octanol–water partition coefficient (Wildman–Crippen LogP) is 22.8. The first-order chi connectivity index (χ1) is 40.5. The highest BCUT2D eigenvalue weighted by atomic mass is 16.6. The Hall–Kier alpha value is -5.49. The Labute approximate surface area is 504 Å². The molecule has 0 spiro atoms. The van der Waals surface area contributed by atoms with Crippen molar-refractivity contribution in [1.29, 1.82) is 0 Å². The fraction of sp³-hybridized carbons (Fsp3) is 0.566. The Bertz CT molecular complexity index is 1920. The van der Waals surface area contributed by atoms with Gasteiger partial charge >= 0.3 is 17.9 Å². The third-order valence-corrected chi connectivity index (χ3v) is 13.1. The molecule has 0 saturated heterocycles. The number of ether oxygens (including phenoxy) is 3. The summed E-state index contributed by atoms with van der Waals surface area (Å²) in [6.45, 7) is 6.30. The third kappa shape index (κ3) is 65.3. The van der Waals surface area contributed by atoms with Crippen molar-refractivity contribution >= 4 is 17.9 Å². The molecule has 0 aliphatic heterocycles. The highest BCUT2D eigenvalue weighted by molar-refractivity contribution is 5.71. The standard InChI is InChI=1S/C76H118O6/c1-4-7-10-13-16-19-22-25-28-31-33-34-35-36-37-38-39-40-41-42-44-45-48-51-54-57-60-63-66-69-75(78)81-72-73(71-80-74(77)68-65-62-59-56-53-50-47-30-27-24-21-18-15-12-9-6-3)82-76(79)70-67-64-61-58-55-52-49-46-43-32-29-26-23-20-17-14-11-8-5-2/h7-8,10-11,16-17,19-21,24-26,28-30,33-34,36-37,39-40,42-44,46-47,52,55,61,64,73H,4-6,9,12-15,18,22-23,27,31-32,35,38,41,45,48-51,53-54,56-60,62-63,65-72H2,1-3H3/b10-7-,11-8-,19-16-,20-17-,24-21-,28-25-,29-26-,34-33-,37-36-,40-39-,44-42-,46-43-,47-30-,55-52-,64-61-. The van der Waals surface area contributed by atoms with Crippen LogP contribution in [0, 0.1) is 0 Å². The minimum absolute atomic E-state index is 0.128. The number of allylic oxidation sites excluding steroid dienone is 30. The molecular weight excluding hydrogens is 1010 g/mol. The van der Waals surface area contributed by atoms with Crippen LogP contribution in [-0.4, -0.2) is 37.2 Å². The summed E-state index contributed by atoms with van der Waals surface area (Å²) in [6.07, 6.45) is 102. The minimum atomic E-state index is -0.841. The molecule has 1 unspecified atom stereocenters. The summed E-state index contributed by atoms with van der Waals surface area (Å²) in [5, 5.41) is 0. The van der Waals surface area contributed by atoms with Gasteiger partial charge in [0.25, 0.3) is 0 Å². The van der Waals surface area contributed by atoms with E-state index < -0.39 is 12.1 Å². The third-order valence-electron chi connectivity index (χ3n) is 13.1. The van der Waals surface area contributed by atoms with Gasteiger partial charge in [0, 0.05) is 19.3 Å². The van der Waals surface area contributed by atoms with Crippen LogP contribution in [-0.2, 0) is 28.6 Å². The van der Waals surface area contributed by atoms with Crippen LogP contribution in [0.3, 0.4) is 0 Å². The fourth-order valence-corrected chi connectivity index (χ4v) is 8.30. The summed E-state index contributed by atoms with van der Waals surface area (Å²) < 4.78 is 16.8. The molecule has 0 N–H and O–H groups in total.